The molecule has 1 aromatic heterocycles. The standard InChI is InChI=1S/C18H18BrN3O2S/c19-14-4-6-15(7-5-14)25(23,24)22-11-8-16-17(2-1-3-18(16)22)21-12-9-20-10-13-21/h1-8,11,20H,9-10,12-13H2. The summed E-state index contributed by atoms with van der Waals surface area (Å²) in [5, 5.41) is 4.30. The van der Waals surface area contributed by atoms with Crippen LogP contribution in [0, 0.1) is 0 Å². The van der Waals surface area contributed by atoms with Crippen molar-refractivity contribution in [3.8, 4) is 0 Å². The number of benzene rings is 2. The summed E-state index contributed by atoms with van der Waals surface area (Å²) in [6, 6.07) is 14.4. The summed E-state index contributed by atoms with van der Waals surface area (Å²) in [5.74, 6) is 0. The molecule has 0 radical (unpaired) electrons. The van der Waals surface area contributed by atoms with E-state index in [2.05, 4.69) is 32.2 Å². The van der Waals surface area contributed by atoms with Crippen molar-refractivity contribution in [2.75, 3.05) is 31.1 Å². The smallest absolute Gasteiger partial charge is 0.268 e. The Bertz CT molecular complexity index is 1010. The van der Waals surface area contributed by atoms with E-state index in [1.54, 1.807) is 30.5 Å². The quantitative estimate of drug-likeness (QED) is 0.708. The van der Waals surface area contributed by atoms with Crippen LogP contribution in [0.15, 0.2) is 64.1 Å². The molecule has 2 aromatic carbocycles. The molecule has 0 saturated carbocycles. The molecule has 0 amide bonds. The second kappa shape index (κ2) is 6.48. The highest BCUT2D eigenvalue weighted by molar-refractivity contribution is 9.10. The first-order valence-corrected chi connectivity index (χ1v) is 10.4. The summed E-state index contributed by atoms with van der Waals surface area (Å²) in [5.41, 5.74) is 1.79. The third-order valence-electron chi connectivity index (χ3n) is 4.50. The lowest BCUT2D eigenvalue weighted by molar-refractivity contribution is 0.588. The number of hydrogen-bond donors (Lipinski definition) is 1. The van der Waals surface area contributed by atoms with E-state index in [0.717, 1.165) is 41.7 Å². The molecule has 0 aliphatic carbocycles. The van der Waals surface area contributed by atoms with E-state index >= 15 is 0 Å². The van der Waals surface area contributed by atoms with Gasteiger partial charge in [-0.2, -0.15) is 0 Å². The SMILES string of the molecule is O=S(=O)(c1ccc(Br)cc1)n1ccc2c(N3CCNCC3)cccc21. The van der Waals surface area contributed by atoms with Crippen LogP contribution in [0.5, 0.6) is 0 Å². The van der Waals surface area contributed by atoms with Crippen molar-refractivity contribution in [3.63, 3.8) is 0 Å². The molecule has 0 spiro atoms. The number of aromatic nitrogens is 1. The van der Waals surface area contributed by atoms with Gasteiger partial charge in [-0.25, -0.2) is 12.4 Å². The van der Waals surface area contributed by atoms with Crippen LogP contribution in [0.2, 0.25) is 0 Å². The molecule has 0 bridgehead atoms. The molecule has 130 valence electrons. The molecule has 2 heterocycles. The van der Waals surface area contributed by atoms with Crippen molar-refractivity contribution in [2.45, 2.75) is 4.90 Å². The fraction of sp³-hybridized carbons (Fsp3) is 0.222. The van der Waals surface area contributed by atoms with Gasteiger partial charge in [0.1, 0.15) is 0 Å². The van der Waals surface area contributed by atoms with E-state index in [4.69, 9.17) is 0 Å². The van der Waals surface area contributed by atoms with Gasteiger partial charge in [-0.15, -0.1) is 0 Å². The van der Waals surface area contributed by atoms with Gasteiger partial charge in [-0.1, -0.05) is 22.0 Å². The third-order valence-corrected chi connectivity index (χ3v) is 6.74. The highest BCUT2D eigenvalue weighted by Gasteiger charge is 2.21. The highest BCUT2D eigenvalue weighted by Crippen LogP contribution is 2.30. The van der Waals surface area contributed by atoms with Gasteiger partial charge in [0, 0.05) is 47.9 Å². The van der Waals surface area contributed by atoms with Gasteiger partial charge in [0.25, 0.3) is 10.0 Å². The zero-order valence-electron chi connectivity index (χ0n) is 13.5. The number of piperazine rings is 1. The molecule has 3 aromatic rings. The second-order valence-electron chi connectivity index (χ2n) is 6.02. The first kappa shape index (κ1) is 16.6. The van der Waals surface area contributed by atoms with Crippen molar-refractivity contribution in [3.05, 3.63) is 59.2 Å². The summed E-state index contributed by atoms with van der Waals surface area (Å²) in [4.78, 5) is 2.58. The Labute approximate surface area is 155 Å². The summed E-state index contributed by atoms with van der Waals surface area (Å²) >= 11 is 3.34. The number of halogens is 1. The molecule has 1 aliphatic heterocycles. The van der Waals surface area contributed by atoms with E-state index in [-0.39, 0.29) is 4.90 Å². The highest BCUT2D eigenvalue weighted by atomic mass is 79.9. The van der Waals surface area contributed by atoms with Crippen LogP contribution in [0.4, 0.5) is 5.69 Å². The minimum atomic E-state index is -3.62. The van der Waals surface area contributed by atoms with Gasteiger partial charge in [-0.3, -0.25) is 0 Å². The molecule has 1 fully saturated rings. The fourth-order valence-electron chi connectivity index (χ4n) is 3.24. The maximum Gasteiger partial charge on any atom is 0.268 e. The van der Waals surface area contributed by atoms with Crippen LogP contribution in [0.25, 0.3) is 10.9 Å². The molecule has 1 N–H and O–H groups in total. The van der Waals surface area contributed by atoms with Crippen molar-refractivity contribution in [1.82, 2.24) is 9.29 Å². The van der Waals surface area contributed by atoms with Crippen LogP contribution in [0.1, 0.15) is 0 Å². The van der Waals surface area contributed by atoms with E-state index in [1.165, 1.54) is 3.97 Å². The summed E-state index contributed by atoms with van der Waals surface area (Å²) < 4.78 is 28.3. The van der Waals surface area contributed by atoms with Crippen molar-refractivity contribution < 1.29 is 8.42 Å². The molecule has 25 heavy (non-hydrogen) atoms. The molecular formula is C18H18BrN3O2S. The number of nitrogens with one attached hydrogen (secondary N) is 1. The Morgan fingerprint density at radius 2 is 1.68 bits per heavy atom. The average molecular weight is 420 g/mol. The van der Waals surface area contributed by atoms with Crippen LogP contribution in [0.3, 0.4) is 0 Å². The summed E-state index contributed by atoms with van der Waals surface area (Å²) in [7, 11) is -3.62. The normalized spacial score (nSPS) is 15.6. The maximum absolute atomic E-state index is 13.0. The van der Waals surface area contributed by atoms with E-state index in [1.807, 2.05) is 18.2 Å². The van der Waals surface area contributed by atoms with Crippen LogP contribution in [-0.4, -0.2) is 38.6 Å². The molecule has 5 nitrogen and oxygen atoms in total. The summed E-state index contributed by atoms with van der Waals surface area (Å²) in [6.07, 6.45) is 1.65. The first-order chi connectivity index (χ1) is 12.1. The molecule has 1 saturated heterocycles. The van der Waals surface area contributed by atoms with Gasteiger partial charge in [0.05, 0.1) is 10.4 Å². The van der Waals surface area contributed by atoms with Gasteiger partial charge < -0.3 is 10.2 Å². The zero-order valence-corrected chi connectivity index (χ0v) is 15.9. The monoisotopic (exact) mass is 419 g/mol. The third kappa shape index (κ3) is 2.96. The molecule has 1 aliphatic rings. The van der Waals surface area contributed by atoms with Gasteiger partial charge in [0.2, 0.25) is 0 Å². The van der Waals surface area contributed by atoms with E-state index in [9.17, 15) is 8.42 Å². The Morgan fingerprint density at radius 3 is 2.40 bits per heavy atom. The minimum Gasteiger partial charge on any atom is -0.368 e. The van der Waals surface area contributed by atoms with Crippen molar-refractivity contribution in [1.29, 1.82) is 0 Å². The largest absolute Gasteiger partial charge is 0.368 e. The lowest BCUT2D eigenvalue weighted by atomic mass is 10.2. The fourth-order valence-corrected chi connectivity index (χ4v) is 4.85. The average Bonchev–Trinajstić information content (AvgIpc) is 3.08. The first-order valence-electron chi connectivity index (χ1n) is 8.14. The zero-order chi connectivity index (χ0) is 17.4. The van der Waals surface area contributed by atoms with Gasteiger partial charge in [0.15, 0.2) is 0 Å². The van der Waals surface area contributed by atoms with Gasteiger partial charge >= 0.3 is 0 Å². The Morgan fingerprint density at radius 1 is 0.960 bits per heavy atom. The molecule has 7 heteroatoms. The van der Waals surface area contributed by atoms with Crippen LogP contribution in [-0.2, 0) is 10.0 Å². The van der Waals surface area contributed by atoms with Crippen molar-refractivity contribution >= 4 is 42.5 Å². The maximum atomic E-state index is 13.0. The van der Waals surface area contributed by atoms with Crippen molar-refractivity contribution in [2.24, 2.45) is 0 Å². The topological polar surface area (TPSA) is 54.3 Å². The lowest BCUT2D eigenvalue weighted by Crippen LogP contribution is -2.43. The van der Waals surface area contributed by atoms with E-state index in [0.29, 0.717) is 5.52 Å². The Hall–Kier alpha value is -1.83. The predicted molar refractivity (Wildman–Crippen MR) is 104 cm³/mol. The molecule has 0 unspecified atom stereocenters. The molecular weight excluding hydrogens is 402 g/mol. The summed E-state index contributed by atoms with van der Waals surface area (Å²) in [6.45, 7) is 3.72. The number of hydrogen-bond acceptors (Lipinski definition) is 4. The molecule has 4 rings (SSSR count). The number of anilines is 1. The Kier molecular flexibility index (Phi) is 4.31. The van der Waals surface area contributed by atoms with Gasteiger partial charge in [-0.05, 0) is 42.5 Å². The predicted octanol–water partition coefficient (Wildman–Crippen LogP) is 3.05. The van der Waals surface area contributed by atoms with E-state index < -0.39 is 10.0 Å². The second-order valence-corrected chi connectivity index (χ2v) is 8.75. The molecule has 0 atom stereocenters. The lowest BCUT2D eigenvalue weighted by Gasteiger charge is -2.30. The number of nitrogens with zero attached hydrogens (tertiary/aromatic N) is 2. The Balaban J connectivity index is 1.82. The van der Waals surface area contributed by atoms with Crippen LogP contribution < -0.4 is 10.2 Å². The van der Waals surface area contributed by atoms with Crippen LogP contribution >= 0.6 is 15.9 Å². The number of rotatable bonds is 3. The number of fused-ring (bicyclic) bond motifs is 1. The minimum absolute atomic E-state index is 0.278.